The number of aromatic nitrogens is 3. The van der Waals surface area contributed by atoms with Crippen molar-refractivity contribution in [1.29, 1.82) is 0 Å². The molecule has 0 bridgehead atoms. The van der Waals surface area contributed by atoms with Crippen LogP contribution < -0.4 is 10.1 Å². The Balaban J connectivity index is 2.55. The lowest BCUT2D eigenvalue weighted by atomic mass is 10.2. The van der Waals surface area contributed by atoms with E-state index in [1.807, 2.05) is 41.4 Å². The van der Waals surface area contributed by atoms with Gasteiger partial charge in [0.05, 0.1) is 0 Å². The lowest BCUT2D eigenvalue weighted by Gasteiger charge is -2.24. The van der Waals surface area contributed by atoms with Gasteiger partial charge in [0.1, 0.15) is 18.7 Å². The third-order valence-electron chi connectivity index (χ3n) is 5.08. The average Bonchev–Trinajstić information content (AvgIpc) is 3.10. The Morgan fingerprint density at radius 2 is 1.59 bits per heavy atom. The first-order valence-electron chi connectivity index (χ1n) is 9.94. The first-order chi connectivity index (χ1) is 14.0. The SMILES string of the molecule is CCC(Nn1c(C(C)OC)n[n+](Cc2ccccc2)c1C(C)OC)C(OC)OC. The van der Waals surface area contributed by atoms with Gasteiger partial charge in [0.2, 0.25) is 0 Å². The molecule has 3 atom stereocenters. The third kappa shape index (κ3) is 5.54. The van der Waals surface area contributed by atoms with Crippen molar-refractivity contribution in [2.24, 2.45) is 0 Å². The van der Waals surface area contributed by atoms with Gasteiger partial charge in [0, 0.05) is 28.4 Å². The summed E-state index contributed by atoms with van der Waals surface area (Å²) in [6, 6.07) is 10.1. The molecule has 0 amide bonds. The lowest BCUT2D eigenvalue weighted by Crippen LogP contribution is -2.45. The second kappa shape index (κ2) is 11.3. The van der Waals surface area contributed by atoms with E-state index in [-0.39, 0.29) is 18.2 Å². The minimum Gasteiger partial charge on any atom is -0.371 e. The summed E-state index contributed by atoms with van der Waals surface area (Å²) >= 11 is 0. The molecule has 0 aliphatic rings. The van der Waals surface area contributed by atoms with Crippen LogP contribution in [-0.2, 0) is 25.5 Å². The van der Waals surface area contributed by atoms with Crippen LogP contribution in [0.2, 0.25) is 0 Å². The van der Waals surface area contributed by atoms with Crippen molar-refractivity contribution in [1.82, 2.24) is 9.77 Å². The highest BCUT2D eigenvalue weighted by molar-refractivity contribution is 5.13. The second-order valence-corrected chi connectivity index (χ2v) is 6.93. The van der Waals surface area contributed by atoms with Gasteiger partial charge >= 0.3 is 5.82 Å². The fourth-order valence-corrected chi connectivity index (χ4v) is 3.26. The van der Waals surface area contributed by atoms with E-state index >= 15 is 0 Å². The zero-order valence-electron chi connectivity index (χ0n) is 18.6. The van der Waals surface area contributed by atoms with Gasteiger partial charge < -0.3 is 18.9 Å². The Bertz CT molecular complexity index is 734. The van der Waals surface area contributed by atoms with Gasteiger partial charge in [-0.05, 0) is 30.9 Å². The number of benzene rings is 1. The Labute approximate surface area is 173 Å². The summed E-state index contributed by atoms with van der Waals surface area (Å²) in [5, 5.41) is 4.87. The maximum atomic E-state index is 5.69. The minimum atomic E-state index is -0.402. The molecule has 29 heavy (non-hydrogen) atoms. The molecule has 1 aromatic heterocycles. The van der Waals surface area contributed by atoms with Crippen LogP contribution in [0.3, 0.4) is 0 Å². The van der Waals surface area contributed by atoms with Gasteiger partial charge in [-0.25, -0.2) is 5.43 Å². The molecule has 8 heteroatoms. The van der Waals surface area contributed by atoms with Crippen LogP contribution in [-0.4, -0.2) is 50.5 Å². The molecule has 0 saturated heterocycles. The van der Waals surface area contributed by atoms with E-state index in [1.54, 1.807) is 28.4 Å². The summed E-state index contributed by atoms with van der Waals surface area (Å²) in [5.74, 6) is 1.64. The van der Waals surface area contributed by atoms with Gasteiger partial charge in [-0.3, -0.25) is 0 Å². The number of rotatable bonds is 12. The molecule has 162 valence electrons. The van der Waals surface area contributed by atoms with Gasteiger partial charge in [-0.1, -0.05) is 37.3 Å². The molecule has 0 radical (unpaired) electrons. The molecular weight excluding hydrogens is 372 g/mol. The van der Waals surface area contributed by atoms with E-state index in [4.69, 9.17) is 24.0 Å². The summed E-state index contributed by atoms with van der Waals surface area (Å²) in [6.45, 7) is 6.68. The minimum absolute atomic E-state index is 0.0880. The van der Waals surface area contributed by atoms with Crippen molar-refractivity contribution >= 4 is 0 Å². The molecule has 1 aromatic carbocycles. The Morgan fingerprint density at radius 1 is 0.966 bits per heavy atom. The zero-order valence-corrected chi connectivity index (χ0v) is 18.6. The van der Waals surface area contributed by atoms with E-state index in [1.165, 1.54) is 0 Å². The summed E-state index contributed by atoms with van der Waals surface area (Å²) in [4.78, 5) is 0. The molecule has 1 N–H and O–H groups in total. The van der Waals surface area contributed by atoms with Gasteiger partial charge in [-0.15, -0.1) is 9.36 Å². The largest absolute Gasteiger partial charge is 0.371 e. The van der Waals surface area contributed by atoms with E-state index in [0.717, 1.165) is 23.6 Å². The molecule has 0 fully saturated rings. The van der Waals surface area contributed by atoms with Crippen LogP contribution >= 0.6 is 0 Å². The van der Waals surface area contributed by atoms with Crippen LogP contribution in [0.5, 0.6) is 0 Å². The van der Waals surface area contributed by atoms with Gasteiger partial charge in [0.15, 0.2) is 12.4 Å². The monoisotopic (exact) mass is 407 g/mol. The van der Waals surface area contributed by atoms with Crippen molar-refractivity contribution in [3.63, 3.8) is 0 Å². The summed E-state index contributed by atoms with van der Waals surface area (Å²) in [6.07, 6.45) is -0.0209. The number of ether oxygens (including phenoxy) is 4. The predicted molar refractivity (Wildman–Crippen MR) is 110 cm³/mol. The third-order valence-corrected chi connectivity index (χ3v) is 5.08. The van der Waals surface area contributed by atoms with E-state index in [2.05, 4.69) is 24.5 Å². The highest BCUT2D eigenvalue weighted by Gasteiger charge is 2.36. The number of hydrogen-bond donors (Lipinski definition) is 1. The molecule has 2 aromatic rings. The quantitative estimate of drug-likeness (QED) is 0.431. The second-order valence-electron chi connectivity index (χ2n) is 6.93. The van der Waals surface area contributed by atoms with Crippen molar-refractivity contribution in [3.8, 4) is 0 Å². The highest BCUT2D eigenvalue weighted by Crippen LogP contribution is 2.20. The van der Waals surface area contributed by atoms with Crippen molar-refractivity contribution < 1.29 is 23.6 Å². The van der Waals surface area contributed by atoms with E-state index in [0.29, 0.717) is 6.54 Å². The molecule has 2 rings (SSSR count). The topological polar surface area (TPSA) is 70.7 Å². The average molecular weight is 408 g/mol. The molecule has 8 nitrogen and oxygen atoms in total. The number of nitrogens with one attached hydrogen (secondary N) is 1. The fraction of sp³-hybridized carbons (Fsp3) is 0.619. The molecule has 1 heterocycles. The Morgan fingerprint density at radius 3 is 2.10 bits per heavy atom. The molecule has 0 saturated carbocycles. The smallest absolute Gasteiger partial charge is 0.331 e. The van der Waals surface area contributed by atoms with E-state index < -0.39 is 6.29 Å². The van der Waals surface area contributed by atoms with Gasteiger partial charge in [-0.2, -0.15) is 0 Å². The van der Waals surface area contributed by atoms with Crippen molar-refractivity contribution in [2.45, 2.75) is 58.3 Å². The van der Waals surface area contributed by atoms with Crippen LogP contribution in [0.1, 0.15) is 56.6 Å². The predicted octanol–water partition coefficient (Wildman–Crippen LogP) is 2.57. The number of nitrogens with zero attached hydrogens (tertiary/aromatic N) is 3. The maximum absolute atomic E-state index is 5.69. The summed E-state index contributed by atoms with van der Waals surface area (Å²) < 4.78 is 26.2. The molecule has 0 spiro atoms. The van der Waals surface area contributed by atoms with Crippen LogP contribution in [0.4, 0.5) is 0 Å². The van der Waals surface area contributed by atoms with Crippen molar-refractivity contribution in [2.75, 3.05) is 33.9 Å². The summed E-state index contributed by atoms with van der Waals surface area (Å²) in [7, 11) is 6.65. The highest BCUT2D eigenvalue weighted by atomic mass is 16.7. The van der Waals surface area contributed by atoms with Crippen LogP contribution in [0, 0.1) is 0 Å². The first kappa shape index (κ1) is 23.3. The normalized spacial score (nSPS) is 14.8. The molecule has 3 unspecified atom stereocenters. The Kier molecular flexibility index (Phi) is 9.03. The van der Waals surface area contributed by atoms with Crippen molar-refractivity contribution in [3.05, 3.63) is 47.5 Å². The van der Waals surface area contributed by atoms with Gasteiger partial charge in [0.25, 0.3) is 5.82 Å². The lowest BCUT2D eigenvalue weighted by molar-refractivity contribution is -0.754. The standard InChI is InChI=1S/C21H35N4O4/c1-8-18(21(28-6)29-7)22-25-19(15(2)26-4)23-24(20(25)16(3)27-5)14-17-12-10-9-11-13-17/h9-13,15-16,18,21-22H,8,14H2,1-7H3/q+1. The molecule has 0 aliphatic carbocycles. The Hall–Kier alpha value is -2.00. The summed E-state index contributed by atoms with van der Waals surface area (Å²) in [5.41, 5.74) is 4.68. The van der Waals surface area contributed by atoms with Crippen LogP contribution in [0.25, 0.3) is 0 Å². The number of hydrogen-bond acceptors (Lipinski definition) is 6. The first-order valence-corrected chi connectivity index (χ1v) is 9.94. The maximum Gasteiger partial charge on any atom is 0.331 e. The fourth-order valence-electron chi connectivity index (χ4n) is 3.26. The van der Waals surface area contributed by atoms with E-state index in [9.17, 15) is 0 Å². The zero-order chi connectivity index (χ0) is 21.4. The molecular formula is C21H35N4O4+. The molecule has 0 aliphatic heterocycles. The number of methoxy groups -OCH3 is 4. The van der Waals surface area contributed by atoms with Crippen LogP contribution in [0.15, 0.2) is 30.3 Å².